The van der Waals surface area contributed by atoms with Gasteiger partial charge in [0.05, 0.1) is 11.6 Å². The molecule has 0 radical (unpaired) electrons. The molecule has 0 bridgehead atoms. The quantitative estimate of drug-likeness (QED) is 0.807. The minimum absolute atomic E-state index is 0.0875. The van der Waals surface area contributed by atoms with Crippen molar-refractivity contribution in [1.29, 1.82) is 0 Å². The molecule has 1 aromatic carbocycles. The average molecular weight is 427 g/mol. The summed E-state index contributed by atoms with van der Waals surface area (Å²) in [6.07, 6.45) is 10.1. The molecule has 31 heavy (non-hydrogen) atoms. The number of aromatic nitrogens is 2. The van der Waals surface area contributed by atoms with Crippen molar-refractivity contribution >= 4 is 11.7 Å². The molecular weight excluding hydrogens is 395 g/mol. The van der Waals surface area contributed by atoms with Crippen LogP contribution in [-0.2, 0) is 4.79 Å². The minimum Gasteiger partial charge on any atom is -0.354 e. The molecule has 2 heterocycles. The summed E-state index contributed by atoms with van der Waals surface area (Å²) in [6, 6.07) is 9.27. The van der Waals surface area contributed by atoms with Crippen LogP contribution >= 0.6 is 0 Å². The minimum atomic E-state index is -0.416. The van der Waals surface area contributed by atoms with Crippen LogP contribution in [0.2, 0.25) is 0 Å². The van der Waals surface area contributed by atoms with Gasteiger partial charge in [0.2, 0.25) is 5.91 Å². The second-order valence-corrected chi connectivity index (χ2v) is 8.76. The zero-order valence-corrected chi connectivity index (χ0v) is 17.9. The number of carbonyl (C=O) groups is 1. The van der Waals surface area contributed by atoms with Gasteiger partial charge in [-0.3, -0.25) is 9.59 Å². The number of hydrogen-bond donors (Lipinski definition) is 1. The number of nitrogens with one attached hydrogen (secondary N) is 1. The predicted octanol–water partition coefficient (Wildman–Crippen LogP) is 3.82. The van der Waals surface area contributed by atoms with E-state index in [9.17, 15) is 14.0 Å². The number of halogens is 1. The van der Waals surface area contributed by atoms with Crippen LogP contribution in [0.3, 0.4) is 0 Å². The fourth-order valence-electron chi connectivity index (χ4n) is 4.68. The summed E-state index contributed by atoms with van der Waals surface area (Å²) in [7, 11) is 0. The Labute approximate surface area is 182 Å². The van der Waals surface area contributed by atoms with Crippen molar-refractivity contribution in [3.63, 3.8) is 0 Å². The van der Waals surface area contributed by atoms with E-state index in [0.717, 1.165) is 32.2 Å². The fraction of sp³-hybridized carbons (Fsp3) is 0.542. The Morgan fingerprint density at radius 1 is 1.00 bits per heavy atom. The number of benzene rings is 1. The molecule has 4 rings (SSSR count). The third-order valence-corrected chi connectivity index (χ3v) is 6.41. The third-order valence-electron chi connectivity index (χ3n) is 6.41. The van der Waals surface area contributed by atoms with Crippen molar-refractivity contribution in [3.05, 3.63) is 52.6 Å². The van der Waals surface area contributed by atoms with Crippen LogP contribution in [0.4, 0.5) is 10.2 Å². The monoisotopic (exact) mass is 426 g/mol. The topological polar surface area (TPSA) is 67.2 Å². The van der Waals surface area contributed by atoms with Crippen LogP contribution < -0.4 is 15.8 Å². The lowest BCUT2D eigenvalue weighted by molar-refractivity contribution is -0.126. The molecule has 1 atom stereocenters. The van der Waals surface area contributed by atoms with E-state index < -0.39 is 5.82 Å². The molecule has 1 N–H and O–H groups in total. The lowest BCUT2D eigenvalue weighted by Crippen LogP contribution is -2.46. The average Bonchev–Trinajstić information content (AvgIpc) is 2.76. The number of piperidine rings is 1. The van der Waals surface area contributed by atoms with Crippen molar-refractivity contribution < 1.29 is 9.18 Å². The van der Waals surface area contributed by atoms with Gasteiger partial charge in [0, 0.05) is 25.2 Å². The van der Waals surface area contributed by atoms with Crippen LogP contribution in [0.5, 0.6) is 0 Å². The van der Waals surface area contributed by atoms with Gasteiger partial charge in [0.25, 0.3) is 5.56 Å². The number of rotatable bonds is 4. The molecule has 1 aromatic heterocycles. The highest BCUT2D eigenvalue weighted by molar-refractivity contribution is 5.79. The first-order chi connectivity index (χ1) is 15.1. The molecule has 0 spiro atoms. The van der Waals surface area contributed by atoms with Gasteiger partial charge in [0.1, 0.15) is 11.6 Å². The first-order valence-corrected chi connectivity index (χ1v) is 11.5. The largest absolute Gasteiger partial charge is 0.354 e. The Morgan fingerprint density at radius 3 is 2.55 bits per heavy atom. The smallest absolute Gasteiger partial charge is 0.271 e. The van der Waals surface area contributed by atoms with Crippen molar-refractivity contribution in [3.8, 4) is 5.69 Å². The Hall–Kier alpha value is -2.70. The molecular formula is C24H31FN4O2. The summed E-state index contributed by atoms with van der Waals surface area (Å²) in [5.74, 6) is 0.261. The van der Waals surface area contributed by atoms with E-state index in [4.69, 9.17) is 0 Å². The molecule has 1 aliphatic heterocycles. The van der Waals surface area contributed by atoms with Gasteiger partial charge in [-0.2, -0.15) is 4.68 Å². The highest BCUT2D eigenvalue weighted by atomic mass is 19.1. The van der Waals surface area contributed by atoms with Crippen molar-refractivity contribution in [2.24, 2.45) is 5.92 Å². The maximum Gasteiger partial charge on any atom is 0.271 e. The van der Waals surface area contributed by atoms with E-state index in [1.165, 1.54) is 55.0 Å². The van der Waals surface area contributed by atoms with Gasteiger partial charge in [-0.1, -0.05) is 38.2 Å². The van der Waals surface area contributed by atoms with Crippen LogP contribution in [-0.4, -0.2) is 34.8 Å². The molecule has 166 valence electrons. The molecule has 1 amide bonds. The number of nitrogens with zero attached hydrogens (tertiary/aromatic N) is 3. The van der Waals surface area contributed by atoms with Gasteiger partial charge in [-0.25, -0.2) is 4.39 Å². The summed E-state index contributed by atoms with van der Waals surface area (Å²) in [6.45, 7) is 1.36. The van der Waals surface area contributed by atoms with E-state index in [1.807, 2.05) is 0 Å². The van der Waals surface area contributed by atoms with E-state index in [0.29, 0.717) is 18.1 Å². The van der Waals surface area contributed by atoms with Gasteiger partial charge in [0.15, 0.2) is 0 Å². The van der Waals surface area contributed by atoms with E-state index >= 15 is 0 Å². The van der Waals surface area contributed by atoms with Gasteiger partial charge in [-0.15, -0.1) is 5.10 Å². The highest BCUT2D eigenvalue weighted by Crippen LogP contribution is 2.23. The molecule has 2 aromatic rings. The Morgan fingerprint density at radius 2 is 1.77 bits per heavy atom. The molecule has 6 nitrogen and oxygen atoms in total. The molecule has 2 aliphatic rings. The van der Waals surface area contributed by atoms with Crippen LogP contribution in [0.25, 0.3) is 5.69 Å². The van der Waals surface area contributed by atoms with Gasteiger partial charge in [-0.05, 0) is 49.9 Å². The van der Waals surface area contributed by atoms with Crippen LogP contribution in [0, 0.1) is 11.7 Å². The van der Waals surface area contributed by atoms with Crippen molar-refractivity contribution in [2.75, 3.05) is 18.0 Å². The molecule has 1 saturated heterocycles. The fourth-order valence-corrected chi connectivity index (χ4v) is 4.68. The Kier molecular flexibility index (Phi) is 6.99. The zero-order valence-electron chi connectivity index (χ0n) is 17.9. The zero-order chi connectivity index (χ0) is 21.6. The lowest BCUT2D eigenvalue weighted by Gasteiger charge is -2.34. The van der Waals surface area contributed by atoms with E-state index in [1.54, 1.807) is 18.2 Å². The molecule has 1 saturated carbocycles. The van der Waals surface area contributed by atoms with E-state index in [2.05, 4.69) is 15.3 Å². The van der Waals surface area contributed by atoms with Crippen molar-refractivity contribution in [2.45, 2.75) is 63.8 Å². The first kappa shape index (κ1) is 21.5. The number of anilines is 1. The standard InChI is InChI=1S/C24H31FN4O2/c25-19-9-6-12-21(16-19)29-23(30)14-13-22(27-29)28-15-7-8-18(17-28)24(31)26-20-10-4-2-1-3-5-11-20/h6,9,12-14,16,18,20H,1-5,7-8,10-11,15,17H2,(H,26,31)/t18-/m0/s1. The van der Waals surface area contributed by atoms with Crippen LogP contribution in [0.1, 0.15) is 57.8 Å². The first-order valence-electron chi connectivity index (χ1n) is 11.5. The molecule has 2 fully saturated rings. The van der Waals surface area contributed by atoms with Gasteiger partial charge >= 0.3 is 0 Å². The summed E-state index contributed by atoms with van der Waals surface area (Å²) >= 11 is 0. The SMILES string of the molecule is O=C(NC1CCCCCCC1)[C@H]1CCCN(c2ccc(=O)n(-c3cccc(F)c3)n2)C1. The lowest BCUT2D eigenvalue weighted by atomic mass is 9.94. The van der Waals surface area contributed by atoms with Gasteiger partial charge < -0.3 is 10.2 Å². The third kappa shape index (κ3) is 5.51. The molecule has 1 aliphatic carbocycles. The Balaban J connectivity index is 1.45. The number of carbonyl (C=O) groups excluding carboxylic acids is 1. The number of amides is 1. The van der Waals surface area contributed by atoms with Crippen LogP contribution in [0.15, 0.2) is 41.2 Å². The molecule has 7 heteroatoms. The molecule has 0 unspecified atom stereocenters. The second kappa shape index (κ2) is 10.1. The highest BCUT2D eigenvalue weighted by Gasteiger charge is 2.28. The normalized spacial score (nSPS) is 20.7. The summed E-state index contributed by atoms with van der Waals surface area (Å²) < 4.78 is 14.8. The maximum absolute atomic E-state index is 13.6. The predicted molar refractivity (Wildman–Crippen MR) is 119 cm³/mol. The number of hydrogen-bond acceptors (Lipinski definition) is 4. The summed E-state index contributed by atoms with van der Waals surface area (Å²) in [5, 5.41) is 7.77. The second-order valence-electron chi connectivity index (χ2n) is 8.76. The summed E-state index contributed by atoms with van der Waals surface area (Å²) in [5.41, 5.74) is 0.0763. The maximum atomic E-state index is 13.6. The van der Waals surface area contributed by atoms with Crippen molar-refractivity contribution in [1.82, 2.24) is 15.1 Å². The summed E-state index contributed by atoms with van der Waals surface area (Å²) in [4.78, 5) is 27.3. The Bertz CT molecular complexity index is 953. The van der Waals surface area contributed by atoms with E-state index in [-0.39, 0.29) is 23.4 Å².